The van der Waals surface area contributed by atoms with Gasteiger partial charge in [-0.05, 0) is 62.2 Å². The summed E-state index contributed by atoms with van der Waals surface area (Å²) < 4.78 is 1.79. The lowest BCUT2D eigenvalue weighted by molar-refractivity contribution is 0.732. The van der Waals surface area contributed by atoms with E-state index < -0.39 is 0 Å². The molecule has 1 heterocycles. The number of aromatic nitrogens is 1. The SMILES string of the molecule is Cc1ccc2cc(CCCCN)c(=O)n(C)c2c1C. The number of hydrogen-bond donors (Lipinski definition) is 1. The Morgan fingerprint density at radius 1 is 1.21 bits per heavy atom. The molecule has 19 heavy (non-hydrogen) atoms. The molecule has 2 N–H and O–H groups in total. The smallest absolute Gasteiger partial charge is 0.253 e. The zero-order valence-electron chi connectivity index (χ0n) is 12.0. The van der Waals surface area contributed by atoms with Gasteiger partial charge in [0.2, 0.25) is 0 Å². The van der Waals surface area contributed by atoms with E-state index in [9.17, 15) is 4.79 Å². The number of benzene rings is 1. The van der Waals surface area contributed by atoms with Crippen molar-refractivity contribution >= 4 is 10.9 Å². The van der Waals surface area contributed by atoms with E-state index in [0.29, 0.717) is 6.54 Å². The molecular formula is C16H22N2O. The lowest BCUT2D eigenvalue weighted by Gasteiger charge is -2.12. The number of fused-ring (bicyclic) bond motifs is 1. The fraction of sp³-hybridized carbons (Fsp3) is 0.438. The van der Waals surface area contributed by atoms with Gasteiger partial charge in [0.15, 0.2) is 0 Å². The highest BCUT2D eigenvalue weighted by molar-refractivity contribution is 5.83. The molecule has 0 bridgehead atoms. The molecule has 0 amide bonds. The summed E-state index contributed by atoms with van der Waals surface area (Å²) in [6.07, 6.45) is 2.75. The summed E-state index contributed by atoms with van der Waals surface area (Å²) in [6.45, 7) is 4.84. The molecule has 0 aliphatic rings. The number of nitrogens with two attached hydrogens (primary N) is 1. The second-order valence-corrected chi connectivity index (χ2v) is 5.22. The topological polar surface area (TPSA) is 48.0 Å². The van der Waals surface area contributed by atoms with Crippen molar-refractivity contribution in [2.24, 2.45) is 12.8 Å². The maximum Gasteiger partial charge on any atom is 0.253 e. The number of rotatable bonds is 4. The predicted octanol–water partition coefficient (Wildman–Crippen LogP) is 2.44. The number of aryl methyl sites for hydroxylation is 4. The summed E-state index contributed by atoms with van der Waals surface area (Å²) in [5.41, 5.74) is 9.98. The zero-order chi connectivity index (χ0) is 14.0. The Hall–Kier alpha value is -1.61. The first-order valence-corrected chi connectivity index (χ1v) is 6.85. The van der Waals surface area contributed by atoms with E-state index in [1.54, 1.807) is 4.57 Å². The quantitative estimate of drug-likeness (QED) is 0.856. The zero-order valence-corrected chi connectivity index (χ0v) is 12.0. The van der Waals surface area contributed by atoms with E-state index in [-0.39, 0.29) is 5.56 Å². The summed E-state index contributed by atoms with van der Waals surface area (Å²) in [5.74, 6) is 0. The van der Waals surface area contributed by atoms with Crippen LogP contribution < -0.4 is 11.3 Å². The minimum absolute atomic E-state index is 0.123. The second kappa shape index (κ2) is 5.57. The summed E-state index contributed by atoms with van der Waals surface area (Å²) in [4.78, 5) is 12.4. The maximum absolute atomic E-state index is 12.4. The van der Waals surface area contributed by atoms with Gasteiger partial charge in [-0.15, -0.1) is 0 Å². The Balaban J connectivity index is 2.56. The highest BCUT2D eigenvalue weighted by Gasteiger charge is 2.09. The van der Waals surface area contributed by atoms with Crippen molar-refractivity contribution < 1.29 is 0 Å². The van der Waals surface area contributed by atoms with Crippen molar-refractivity contribution in [2.75, 3.05) is 6.54 Å². The maximum atomic E-state index is 12.4. The van der Waals surface area contributed by atoms with Gasteiger partial charge in [0.1, 0.15) is 0 Å². The Labute approximate surface area is 114 Å². The van der Waals surface area contributed by atoms with Gasteiger partial charge >= 0.3 is 0 Å². The second-order valence-electron chi connectivity index (χ2n) is 5.22. The molecule has 0 fully saturated rings. The molecule has 0 unspecified atom stereocenters. The van der Waals surface area contributed by atoms with Crippen LogP contribution in [0.2, 0.25) is 0 Å². The molecule has 1 aromatic carbocycles. The van der Waals surface area contributed by atoms with Crippen LogP contribution in [0.3, 0.4) is 0 Å². The molecule has 0 saturated carbocycles. The van der Waals surface area contributed by atoms with Crippen molar-refractivity contribution in [3.8, 4) is 0 Å². The molecule has 0 aliphatic heterocycles. The van der Waals surface area contributed by atoms with Crippen LogP contribution in [0.4, 0.5) is 0 Å². The largest absolute Gasteiger partial charge is 0.330 e. The lowest BCUT2D eigenvalue weighted by Crippen LogP contribution is -2.22. The Morgan fingerprint density at radius 3 is 2.63 bits per heavy atom. The van der Waals surface area contributed by atoms with Crippen LogP contribution in [0.25, 0.3) is 10.9 Å². The minimum Gasteiger partial charge on any atom is -0.330 e. The van der Waals surface area contributed by atoms with E-state index >= 15 is 0 Å². The van der Waals surface area contributed by atoms with Crippen LogP contribution in [-0.4, -0.2) is 11.1 Å². The molecule has 0 aliphatic carbocycles. The standard InChI is InChI=1S/C16H22N2O/c1-11-7-8-13-10-14(6-4-5-9-17)16(19)18(3)15(13)12(11)2/h7-8,10H,4-6,9,17H2,1-3H3. The molecule has 0 atom stereocenters. The molecule has 0 spiro atoms. The molecule has 2 aromatic rings. The predicted molar refractivity (Wildman–Crippen MR) is 80.7 cm³/mol. The summed E-state index contributed by atoms with van der Waals surface area (Å²) in [5, 5.41) is 1.15. The van der Waals surface area contributed by atoms with E-state index in [1.165, 1.54) is 11.1 Å². The highest BCUT2D eigenvalue weighted by atomic mass is 16.1. The molecule has 1 aromatic heterocycles. The fourth-order valence-electron chi connectivity index (χ4n) is 2.59. The number of nitrogens with zero attached hydrogens (tertiary/aromatic N) is 1. The van der Waals surface area contributed by atoms with Crippen LogP contribution in [0.5, 0.6) is 0 Å². The van der Waals surface area contributed by atoms with Gasteiger partial charge in [0.25, 0.3) is 5.56 Å². The normalized spacial score (nSPS) is 11.2. The monoisotopic (exact) mass is 258 g/mol. The minimum atomic E-state index is 0.123. The number of unbranched alkanes of at least 4 members (excludes halogenated alkanes) is 1. The van der Waals surface area contributed by atoms with Gasteiger partial charge in [-0.25, -0.2) is 0 Å². The summed E-state index contributed by atoms with van der Waals surface area (Å²) in [6, 6.07) is 6.26. The van der Waals surface area contributed by atoms with E-state index in [1.807, 2.05) is 13.1 Å². The third-order valence-corrected chi connectivity index (χ3v) is 3.88. The van der Waals surface area contributed by atoms with Crippen molar-refractivity contribution in [1.29, 1.82) is 0 Å². The first-order valence-electron chi connectivity index (χ1n) is 6.85. The molecule has 3 nitrogen and oxygen atoms in total. The van der Waals surface area contributed by atoms with Crippen molar-refractivity contribution in [3.05, 3.63) is 45.2 Å². The first kappa shape index (κ1) is 13.8. The van der Waals surface area contributed by atoms with E-state index in [0.717, 1.165) is 35.7 Å². The molecule has 2 rings (SSSR count). The van der Waals surface area contributed by atoms with E-state index in [4.69, 9.17) is 5.73 Å². The van der Waals surface area contributed by atoms with Gasteiger partial charge in [-0.3, -0.25) is 4.79 Å². The van der Waals surface area contributed by atoms with Gasteiger partial charge in [0, 0.05) is 12.6 Å². The molecule has 0 saturated heterocycles. The third kappa shape index (κ3) is 2.56. The number of hydrogen-bond acceptors (Lipinski definition) is 2. The van der Waals surface area contributed by atoms with Crippen LogP contribution in [0, 0.1) is 13.8 Å². The average molecular weight is 258 g/mol. The Bertz CT molecular complexity index is 656. The van der Waals surface area contributed by atoms with Gasteiger partial charge < -0.3 is 10.3 Å². The Morgan fingerprint density at radius 2 is 1.95 bits per heavy atom. The summed E-state index contributed by atoms with van der Waals surface area (Å²) in [7, 11) is 1.86. The fourth-order valence-corrected chi connectivity index (χ4v) is 2.59. The summed E-state index contributed by atoms with van der Waals surface area (Å²) >= 11 is 0. The van der Waals surface area contributed by atoms with Crippen LogP contribution in [0.15, 0.2) is 23.0 Å². The average Bonchev–Trinajstić information content (AvgIpc) is 2.39. The molecule has 102 valence electrons. The van der Waals surface area contributed by atoms with Crippen molar-refractivity contribution in [3.63, 3.8) is 0 Å². The molecular weight excluding hydrogens is 236 g/mol. The molecule has 0 radical (unpaired) electrons. The van der Waals surface area contributed by atoms with Gasteiger partial charge in [-0.1, -0.05) is 12.1 Å². The van der Waals surface area contributed by atoms with Crippen LogP contribution >= 0.6 is 0 Å². The number of pyridine rings is 1. The van der Waals surface area contributed by atoms with E-state index in [2.05, 4.69) is 26.0 Å². The lowest BCUT2D eigenvalue weighted by atomic mass is 10.0. The molecule has 3 heteroatoms. The van der Waals surface area contributed by atoms with Gasteiger partial charge in [0.05, 0.1) is 5.52 Å². The third-order valence-electron chi connectivity index (χ3n) is 3.88. The van der Waals surface area contributed by atoms with Crippen molar-refractivity contribution in [1.82, 2.24) is 4.57 Å². The van der Waals surface area contributed by atoms with Crippen LogP contribution in [-0.2, 0) is 13.5 Å². The highest BCUT2D eigenvalue weighted by Crippen LogP contribution is 2.21. The van der Waals surface area contributed by atoms with Crippen molar-refractivity contribution in [2.45, 2.75) is 33.1 Å². The van der Waals surface area contributed by atoms with Gasteiger partial charge in [-0.2, -0.15) is 0 Å². The van der Waals surface area contributed by atoms with Crippen LogP contribution in [0.1, 0.15) is 29.5 Å². The first-order chi connectivity index (χ1) is 9.06. The Kier molecular flexibility index (Phi) is 4.05.